The topological polar surface area (TPSA) is 84.5 Å². The second-order valence-electron chi connectivity index (χ2n) is 8.86. The molecule has 0 saturated heterocycles. The van der Waals surface area contributed by atoms with Gasteiger partial charge in [0.15, 0.2) is 0 Å². The standard InChI is InChI=1S/C27H34N2O4/c1-4-20(15-28-18(2)30)13-21(16-29-19(3)31)14-27(32)33-17-26-24-11-7-5-9-22(24)23-10-6-8-12-25(23)26/h5-12,20-21,26H,4,13-17H2,1-3H3,(H,28,30)(H,29,31). The summed E-state index contributed by atoms with van der Waals surface area (Å²) in [4.78, 5) is 35.6. The summed E-state index contributed by atoms with van der Waals surface area (Å²) >= 11 is 0. The van der Waals surface area contributed by atoms with E-state index < -0.39 is 0 Å². The summed E-state index contributed by atoms with van der Waals surface area (Å²) in [7, 11) is 0. The lowest BCUT2D eigenvalue weighted by Gasteiger charge is -2.23. The highest BCUT2D eigenvalue weighted by Crippen LogP contribution is 2.44. The molecule has 2 amide bonds. The van der Waals surface area contributed by atoms with Crippen molar-refractivity contribution in [3.05, 3.63) is 59.7 Å². The summed E-state index contributed by atoms with van der Waals surface area (Å²) in [5.74, 6) is -0.247. The molecule has 2 N–H and O–H groups in total. The quantitative estimate of drug-likeness (QED) is 0.506. The van der Waals surface area contributed by atoms with Gasteiger partial charge in [0, 0.05) is 32.9 Å². The zero-order chi connectivity index (χ0) is 23.8. The Kier molecular flexibility index (Phi) is 8.64. The fraction of sp³-hybridized carbons (Fsp3) is 0.444. The maximum absolute atomic E-state index is 12.8. The number of benzene rings is 2. The van der Waals surface area contributed by atoms with Crippen LogP contribution in [0.1, 0.15) is 57.1 Å². The Morgan fingerprint density at radius 2 is 1.36 bits per heavy atom. The lowest BCUT2D eigenvalue weighted by atomic mass is 9.90. The predicted molar refractivity (Wildman–Crippen MR) is 129 cm³/mol. The van der Waals surface area contributed by atoms with Crippen LogP contribution in [-0.4, -0.2) is 37.5 Å². The molecule has 0 aromatic heterocycles. The number of carbonyl (C=O) groups excluding carboxylic acids is 3. The molecule has 2 aromatic carbocycles. The zero-order valence-electron chi connectivity index (χ0n) is 19.7. The van der Waals surface area contributed by atoms with E-state index in [0.717, 1.165) is 12.8 Å². The van der Waals surface area contributed by atoms with Crippen LogP contribution in [0.5, 0.6) is 0 Å². The van der Waals surface area contributed by atoms with Crippen LogP contribution in [0.2, 0.25) is 0 Å². The van der Waals surface area contributed by atoms with Crippen molar-refractivity contribution in [2.45, 2.75) is 46.0 Å². The van der Waals surface area contributed by atoms with Crippen LogP contribution in [0.25, 0.3) is 11.1 Å². The van der Waals surface area contributed by atoms with Crippen molar-refractivity contribution >= 4 is 17.8 Å². The summed E-state index contributed by atoms with van der Waals surface area (Å²) in [5.41, 5.74) is 4.76. The van der Waals surface area contributed by atoms with E-state index in [2.05, 4.69) is 41.8 Å². The molecule has 0 saturated carbocycles. The Labute approximate surface area is 196 Å². The molecule has 6 heteroatoms. The zero-order valence-corrected chi connectivity index (χ0v) is 19.7. The SMILES string of the molecule is CCC(CNC(C)=O)CC(CNC(C)=O)CC(=O)OCC1c2ccccc2-c2ccccc21. The molecule has 0 fully saturated rings. The number of carbonyl (C=O) groups is 3. The minimum atomic E-state index is -0.262. The Balaban J connectivity index is 1.63. The van der Waals surface area contributed by atoms with Crippen LogP contribution >= 0.6 is 0 Å². The van der Waals surface area contributed by atoms with E-state index in [1.165, 1.54) is 36.1 Å². The molecular weight excluding hydrogens is 416 g/mol. The minimum absolute atomic E-state index is 0.0262. The molecule has 1 aliphatic carbocycles. The monoisotopic (exact) mass is 450 g/mol. The first-order valence-electron chi connectivity index (χ1n) is 11.7. The Bertz CT molecular complexity index is 942. The number of rotatable bonds is 11. The van der Waals surface area contributed by atoms with Crippen LogP contribution < -0.4 is 10.6 Å². The maximum Gasteiger partial charge on any atom is 0.306 e. The fourth-order valence-corrected chi connectivity index (χ4v) is 4.59. The molecule has 6 nitrogen and oxygen atoms in total. The van der Waals surface area contributed by atoms with Crippen LogP contribution in [0.4, 0.5) is 0 Å². The van der Waals surface area contributed by atoms with Crippen LogP contribution in [0.15, 0.2) is 48.5 Å². The van der Waals surface area contributed by atoms with Crippen molar-refractivity contribution < 1.29 is 19.1 Å². The highest BCUT2D eigenvalue weighted by atomic mass is 16.5. The van der Waals surface area contributed by atoms with Crippen molar-refractivity contribution in [3.63, 3.8) is 0 Å². The fourth-order valence-electron chi connectivity index (χ4n) is 4.59. The van der Waals surface area contributed by atoms with E-state index in [1.807, 2.05) is 24.3 Å². The van der Waals surface area contributed by atoms with Gasteiger partial charge in [0.2, 0.25) is 11.8 Å². The predicted octanol–water partition coefficient (Wildman–Crippen LogP) is 4.04. The van der Waals surface area contributed by atoms with Crippen molar-refractivity contribution in [2.75, 3.05) is 19.7 Å². The number of fused-ring (bicyclic) bond motifs is 3. The van der Waals surface area contributed by atoms with Gasteiger partial charge >= 0.3 is 5.97 Å². The molecule has 0 spiro atoms. The highest BCUT2D eigenvalue weighted by Gasteiger charge is 2.29. The van der Waals surface area contributed by atoms with Gasteiger partial charge in [-0.3, -0.25) is 14.4 Å². The molecule has 33 heavy (non-hydrogen) atoms. The highest BCUT2D eigenvalue weighted by molar-refractivity contribution is 5.79. The van der Waals surface area contributed by atoms with E-state index in [0.29, 0.717) is 19.7 Å². The third-order valence-corrected chi connectivity index (χ3v) is 6.35. The number of amides is 2. The molecule has 0 bridgehead atoms. The van der Waals surface area contributed by atoms with Gasteiger partial charge in [-0.15, -0.1) is 0 Å². The van der Waals surface area contributed by atoms with Gasteiger partial charge in [-0.25, -0.2) is 0 Å². The minimum Gasteiger partial charge on any atom is -0.465 e. The average Bonchev–Trinajstić information content (AvgIpc) is 3.12. The van der Waals surface area contributed by atoms with Crippen molar-refractivity contribution in [3.8, 4) is 11.1 Å². The lowest BCUT2D eigenvalue weighted by Crippen LogP contribution is -2.33. The van der Waals surface area contributed by atoms with Gasteiger partial charge in [0.05, 0.1) is 6.42 Å². The largest absolute Gasteiger partial charge is 0.465 e. The van der Waals surface area contributed by atoms with E-state index >= 15 is 0 Å². The van der Waals surface area contributed by atoms with Gasteiger partial charge in [0.1, 0.15) is 6.61 Å². The smallest absolute Gasteiger partial charge is 0.306 e. The van der Waals surface area contributed by atoms with Crippen molar-refractivity contribution in [1.29, 1.82) is 0 Å². The van der Waals surface area contributed by atoms with Gasteiger partial charge < -0.3 is 15.4 Å². The summed E-state index contributed by atoms with van der Waals surface area (Å²) in [6, 6.07) is 16.5. The first-order chi connectivity index (χ1) is 15.9. The van der Waals surface area contributed by atoms with Crippen LogP contribution in [0, 0.1) is 11.8 Å². The second kappa shape index (κ2) is 11.6. The van der Waals surface area contributed by atoms with Crippen molar-refractivity contribution in [2.24, 2.45) is 11.8 Å². The number of nitrogens with one attached hydrogen (secondary N) is 2. The normalized spacial score (nSPS) is 14.0. The van der Waals surface area contributed by atoms with Gasteiger partial charge in [-0.05, 0) is 40.5 Å². The molecule has 0 aliphatic heterocycles. The van der Waals surface area contributed by atoms with Gasteiger partial charge in [0.25, 0.3) is 0 Å². The Morgan fingerprint density at radius 3 is 1.88 bits per heavy atom. The summed E-state index contributed by atoms with van der Waals surface area (Å²) in [6.45, 7) is 6.30. The maximum atomic E-state index is 12.8. The molecule has 0 radical (unpaired) electrons. The van der Waals surface area contributed by atoms with E-state index in [9.17, 15) is 14.4 Å². The first-order valence-corrected chi connectivity index (χ1v) is 11.7. The molecule has 2 aromatic rings. The molecule has 2 atom stereocenters. The molecule has 0 heterocycles. The number of hydrogen-bond donors (Lipinski definition) is 2. The Morgan fingerprint density at radius 1 is 0.848 bits per heavy atom. The van der Waals surface area contributed by atoms with Crippen molar-refractivity contribution in [1.82, 2.24) is 10.6 Å². The number of esters is 1. The first kappa shape index (κ1) is 24.5. The summed E-state index contributed by atoms with van der Waals surface area (Å²) < 4.78 is 5.77. The average molecular weight is 451 g/mol. The van der Waals surface area contributed by atoms with Gasteiger partial charge in [-0.2, -0.15) is 0 Å². The molecule has 2 unspecified atom stereocenters. The third kappa shape index (κ3) is 6.67. The molecule has 1 aliphatic rings. The molecule has 3 rings (SSSR count). The second-order valence-corrected chi connectivity index (χ2v) is 8.86. The summed E-state index contributed by atoms with van der Waals surface area (Å²) in [6.07, 6.45) is 1.83. The van der Waals surface area contributed by atoms with Crippen LogP contribution in [0.3, 0.4) is 0 Å². The Hall–Kier alpha value is -3.15. The molecular formula is C27H34N2O4. The van der Waals surface area contributed by atoms with E-state index in [-0.39, 0.29) is 42.0 Å². The van der Waals surface area contributed by atoms with Crippen LogP contribution in [-0.2, 0) is 19.1 Å². The lowest BCUT2D eigenvalue weighted by molar-refractivity contribution is -0.145. The molecule has 176 valence electrons. The third-order valence-electron chi connectivity index (χ3n) is 6.35. The van der Waals surface area contributed by atoms with E-state index in [1.54, 1.807) is 0 Å². The number of hydrogen-bond acceptors (Lipinski definition) is 4. The number of ether oxygens (including phenoxy) is 1. The summed E-state index contributed by atoms with van der Waals surface area (Å²) in [5, 5.41) is 5.69. The van der Waals surface area contributed by atoms with Gasteiger partial charge in [-0.1, -0.05) is 61.9 Å². The van der Waals surface area contributed by atoms with E-state index in [4.69, 9.17) is 4.74 Å².